The maximum absolute atomic E-state index is 13.4. The standard InChI is InChI=1S/C21H17F2N3O2S2/c1-13-20(30(27,28)25-17-5-3-4-16(23)10-17)11-19(26(13)2)21-24-18(12-29-21)14-6-8-15(22)9-7-14/h3-12,25H,1-2H3. The summed E-state index contributed by atoms with van der Waals surface area (Å²) < 4.78 is 56.5. The Bertz CT molecular complexity index is 1330. The van der Waals surface area contributed by atoms with Gasteiger partial charge in [0, 0.05) is 23.7 Å². The SMILES string of the molecule is Cc1c(S(=O)(=O)Nc2cccc(F)c2)cc(-c2nc(-c3ccc(F)cc3)cs2)n1C. The number of nitrogens with zero attached hydrogens (tertiary/aromatic N) is 2. The molecular weight excluding hydrogens is 428 g/mol. The monoisotopic (exact) mass is 445 g/mol. The van der Waals surface area contributed by atoms with Gasteiger partial charge in [-0.15, -0.1) is 11.3 Å². The molecule has 0 atom stereocenters. The topological polar surface area (TPSA) is 64.0 Å². The van der Waals surface area contributed by atoms with Crippen LogP contribution in [0.2, 0.25) is 0 Å². The average molecular weight is 446 g/mol. The first-order chi connectivity index (χ1) is 14.2. The van der Waals surface area contributed by atoms with Crippen molar-refractivity contribution in [2.24, 2.45) is 7.05 Å². The van der Waals surface area contributed by atoms with Crippen molar-refractivity contribution in [2.75, 3.05) is 4.72 Å². The lowest BCUT2D eigenvalue weighted by molar-refractivity contribution is 0.600. The van der Waals surface area contributed by atoms with E-state index in [0.29, 0.717) is 22.1 Å². The van der Waals surface area contributed by atoms with Crippen molar-refractivity contribution in [3.8, 4) is 22.0 Å². The number of hydrogen-bond donors (Lipinski definition) is 1. The van der Waals surface area contributed by atoms with Crippen molar-refractivity contribution >= 4 is 27.0 Å². The predicted octanol–water partition coefficient (Wildman–Crippen LogP) is 5.20. The van der Waals surface area contributed by atoms with E-state index in [1.54, 1.807) is 36.7 Å². The maximum atomic E-state index is 13.4. The molecule has 0 saturated carbocycles. The number of rotatable bonds is 5. The largest absolute Gasteiger partial charge is 0.345 e. The Morgan fingerprint density at radius 1 is 1.03 bits per heavy atom. The molecule has 5 nitrogen and oxygen atoms in total. The third kappa shape index (κ3) is 3.86. The molecule has 2 heterocycles. The number of aromatic nitrogens is 2. The zero-order valence-corrected chi connectivity index (χ0v) is 17.7. The molecule has 9 heteroatoms. The van der Waals surface area contributed by atoms with Gasteiger partial charge in [-0.2, -0.15) is 0 Å². The maximum Gasteiger partial charge on any atom is 0.263 e. The van der Waals surface area contributed by atoms with Gasteiger partial charge in [0.15, 0.2) is 0 Å². The molecule has 30 heavy (non-hydrogen) atoms. The van der Waals surface area contributed by atoms with Crippen molar-refractivity contribution in [3.05, 3.63) is 77.3 Å². The highest BCUT2D eigenvalue weighted by atomic mass is 32.2. The fourth-order valence-corrected chi connectivity index (χ4v) is 5.27. The summed E-state index contributed by atoms with van der Waals surface area (Å²) in [5.74, 6) is -0.857. The van der Waals surface area contributed by atoms with Crippen molar-refractivity contribution in [3.63, 3.8) is 0 Å². The van der Waals surface area contributed by atoms with Crippen molar-refractivity contribution in [1.82, 2.24) is 9.55 Å². The minimum atomic E-state index is -3.92. The van der Waals surface area contributed by atoms with Gasteiger partial charge in [0.25, 0.3) is 10.0 Å². The zero-order valence-electron chi connectivity index (χ0n) is 16.1. The molecular formula is C21H17F2N3O2S2. The van der Waals surface area contributed by atoms with E-state index in [0.717, 1.165) is 11.6 Å². The highest BCUT2D eigenvalue weighted by Crippen LogP contribution is 2.33. The van der Waals surface area contributed by atoms with Crippen molar-refractivity contribution < 1.29 is 17.2 Å². The highest BCUT2D eigenvalue weighted by molar-refractivity contribution is 7.92. The van der Waals surface area contributed by atoms with Crippen molar-refractivity contribution in [2.45, 2.75) is 11.8 Å². The van der Waals surface area contributed by atoms with E-state index < -0.39 is 15.8 Å². The van der Waals surface area contributed by atoms with Crippen LogP contribution in [0.3, 0.4) is 0 Å². The molecule has 0 unspecified atom stereocenters. The van der Waals surface area contributed by atoms with E-state index >= 15 is 0 Å². The second-order valence-electron chi connectivity index (χ2n) is 6.70. The molecule has 0 aliphatic carbocycles. The van der Waals surface area contributed by atoms with E-state index in [4.69, 9.17) is 0 Å². The van der Waals surface area contributed by atoms with Crippen LogP contribution in [0.15, 0.2) is 64.9 Å². The van der Waals surface area contributed by atoms with Crippen LogP contribution in [0.4, 0.5) is 14.5 Å². The predicted molar refractivity (Wildman–Crippen MR) is 114 cm³/mol. The van der Waals surface area contributed by atoms with Gasteiger partial charge in [-0.25, -0.2) is 22.2 Å². The molecule has 0 aliphatic rings. The number of anilines is 1. The number of sulfonamides is 1. The van der Waals surface area contributed by atoms with Crippen LogP contribution in [0.25, 0.3) is 22.0 Å². The summed E-state index contributed by atoms with van der Waals surface area (Å²) in [5, 5.41) is 2.47. The number of hydrogen-bond acceptors (Lipinski definition) is 4. The second kappa shape index (κ2) is 7.66. The fraction of sp³-hybridized carbons (Fsp3) is 0.0952. The quantitative estimate of drug-likeness (QED) is 0.459. The molecule has 0 bridgehead atoms. The minimum absolute atomic E-state index is 0.0859. The molecule has 4 aromatic rings. The molecule has 0 saturated heterocycles. The molecule has 2 aromatic carbocycles. The first-order valence-corrected chi connectivity index (χ1v) is 11.3. The number of thiazole rings is 1. The minimum Gasteiger partial charge on any atom is -0.345 e. The van der Waals surface area contributed by atoms with Gasteiger partial charge in [0.2, 0.25) is 0 Å². The highest BCUT2D eigenvalue weighted by Gasteiger charge is 2.24. The summed E-state index contributed by atoms with van der Waals surface area (Å²) in [6, 6.07) is 12.8. The van der Waals surface area contributed by atoms with Crippen molar-refractivity contribution in [1.29, 1.82) is 0 Å². The zero-order chi connectivity index (χ0) is 21.5. The molecule has 0 amide bonds. The molecule has 0 aliphatic heterocycles. The summed E-state index contributed by atoms with van der Waals surface area (Å²) in [6.07, 6.45) is 0. The third-order valence-corrected chi connectivity index (χ3v) is 7.08. The summed E-state index contributed by atoms with van der Waals surface area (Å²) in [4.78, 5) is 4.67. The molecule has 2 aromatic heterocycles. The summed E-state index contributed by atoms with van der Waals surface area (Å²) in [6.45, 7) is 1.69. The molecule has 1 N–H and O–H groups in total. The summed E-state index contributed by atoms with van der Waals surface area (Å²) in [7, 11) is -2.17. The van der Waals surface area contributed by atoms with E-state index in [2.05, 4.69) is 9.71 Å². The Balaban J connectivity index is 1.69. The average Bonchev–Trinajstić information content (AvgIpc) is 3.28. The van der Waals surface area contributed by atoms with Gasteiger partial charge in [-0.1, -0.05) is 6.07 Å². The Hall–Kier alpha value is -3.04. The Morgan fingerprint density at radius 2 is 1.77 bits per heavy atom. The lowest BCUT2D eigenvalue weighted by Crippen LogP contribution is -2.14. The van der Waals surface area contributed by atoms with Crippen LogP contribution in [-0.4, -0.2) is 18.0 Å². The third-order valence-electron chi connectivity index (χ3n) is 4.72. The molecule has 0 spiro atoms. The van der Waals surface area contributed by atoms with E-state index in [9.17, 15) is 17.2 Å². The van der Waals surface area contributed by atoms with Crippen LogP contribution < -0.4 is 4.72 Å². The van der Waals surface area contributed by atoms with Gasteiger partial charge in [-0.05, 0) is 55.5 Å². The van der Waals surface area contributed by atoms with Gasteiger partial charge in [-0.3, -0.25) is 4.72 Å². The molecule has 0 radical (unpaired) electrons. The first kappa shape index (κ1) is 20.2. The Morgan fingerprint density at radius 3 is 2.47 bits per heavy atom. The lowest BCUT2D eigenvalue weighted by Gasteiger charge is -2.08. The number of halogens is 2. The Kier molecular flexibility index (Phi) is 5.17. The molecule has 4 rings (SSSR count). The van der Waals surface area contributed by atoms with E-state index in [1.807, 2.05) is 5.38 Å². The van der Waals surface area contributed by atoms with Crippen LogP contribution in [0.5, 0.6) is 0 Å². The Labute approximate surface area is 176 Å². The number of nitrogens with one attached hydrogen (secondary N) is 1. The van der Waals surface area contributed by atoms with Gasteiger partial charge < -0.3 is 4.57 Å². The van der Waals surface area contributed by atoms with E-state index in [1.165, 1.54) is 41.7 Å². The summed E-state index contributed by atoms with van der Waals surface area (Å²) >= 11 is 1.36. The second-order valence-corrected chi connectivity index (χ2v) is 9.21. The van der Waals surface area contributed by atoms with E-state index in [-0.39, 0.29) is 16.4 Å². The van der Waals surface area contributed by atoms with Crippen LogP contribution in [0, 0.1) is 18.6 Å². The first-order valence-electron chi connectivity index (χ1n) is 8.91. The normalized spacial score (nSPS) is 11.6. The summed E-state index contributed by atoms with van der Waals surface area (Å²) in [5.41, 5.74) is 2.74. The van der Waals surface area contributed by atoms with Gasteiger partial charge in [0.05, 0.1) is 17.1 Å². The van der Waals surface area contributed by atoms with Crippen LogP contribution in [-0.2, 0) is 17.1 Å². The smallest absolute Gasteiger partial charge is 0.263 e. The van der Waals surface area contributed by atoms with Crippen LogP contribution >= 0.6 is 11.3 Å². The van der Waals surface area contributed by atoms with Crippen LogP contribution in [0.1, 0.15) is 5.69 Å². The fourth-order valence-electron chi connectivity index (χ4n) is 3.06. The number of benzene rings is 2. The lowest BCUT2D eigenvalue weighted by atomic mass is 10.2. The van der Waals surface area contributed by atoms with Gasteiger partial charge in [0.1, 0.15) is 21.5 Å². The molecule has 0 fully saturated rings. The van der Waals surface area contributed by atoms with Gasteiger partial charge >= 0.3 is 0 Å². The molecule has 154 valence electrons.